The van der Waals surface area contributed by atoms with Gasteiger partial charge in [0.25, 0.3) is 0 Å². The Balaban J connectivity index is 4.44. The van der Waals surface area contributed by atoms with Crippen molar-refractivity contribution in [2.75, 3.05) is 0 Å². The predicted octanol–water partition coefficient (Wildman–Crippen LogP) is 4.31. The second-order valence-electron chi connectivity index (χ2n) is 4.78. The molecule has 0 saturated carbocycles. The maximum absolute atomic E-state index is 6.15. The van der Waals surface area contributed by atoms with Crippen LogP contribution in [0.3, 0.4) is 0 Å². The lowest BCUT2D eigenvalue weighted by Gasteiger charge is -2.30. The maximum Gasteiger partial charge on any atom is 0.188 e. The van der Waals surface area contributed by atoms with E-state index in [2.05, 4.69) is 32.8 Å². The zero-order valence-electron chi connectivity index (χ0n) is 10.6. The van der Waals surface area contributed by atoms with Gasteiger partial charge in [-0.25, -0.2) is 0 Å². The first-order valence-electron chi connectivity index (χ1n) is 5.39. The standard InChI is InChI=1S/C13H24OSi/c1-8-9-10-15(6,7)14-13(11(2)3)12(4)5/h8,13H,1-2,4,9-10H2,3,5-7H3. The van der Waals surface area contributed by atoms with Crippen molar-refractivity contribution in [3.63, 3.8) is 0 Å². The van der Waals surface area contributed by atoms with Crippen LogP contribution in [-0.2, 0) is 4.43 Å². The van der Waals surface area contributed by atoms with Crippen LogP contribution in [0.4, 0.5) is 0 Å². The number of rotatable bonds is 7. The Kier molecular flexibility index (Phi) is 5.84. The molecule has 0 aliphatic carbocycles. The highest BCUT2D eigenvalue weighted by Crippen LogP contribution is 2.22. The van der Waals surface area contributed by atoms with Gasteiger partial charge in [-0.1, -0.05) is 19.2 Å². The molecule has 86 valence electrons. The fraction of sp³-hybridized carbons (Fsp3) is 0.538. The first kappa shape index (κ1) is 14.4. The van der Waals surface area contributed by atoms with E-state index in [-0.39, 0.29) is 6.10 Å². The minimum atomic E-state index is -1.61. The summed E-state index contributed by atoms with van der Waals surface area (Å²) in [6, 6.07) is 1.10. The summed E-state index contributed by atoms with van der Waals surface area (Å²) in [6.07, 6.45) is 3.00. The molecule has 0 unspecified atom stereocenters. The highest BCUT2D eigenvalue weighted by Gasteiger charge is 2.26. The second kappa shape index (κ2) is 6.08. The summed E-state index contributed by atoms with van der Waals surface area (Å²) in [5, 5.41) is 0. The van der Waals surface area contributed by atoms with E-state index in [9.17, 15) is 0 Å². The summed E-state index contributed by atoms with van der Waals surface area (Å²) < 4.78 is 6.15. The van der Waals surface area contributed by atoms with Crippen molar-refractivity contribution < 1.29 is 4.43 Å². The third-order valence-corrected chi connectivity index (χ3v) is 4.65. The maximum atomic E-state index is 6.15. The van der Waals surface area contributed by atoms with E-state index >= 15 is 0 Å². The highest BCUT2D eigenvalue weighted by molar-refractivity contribution is 6.71. The Labute approximate surface area is 95.7 Å². The van der Waals surface area contributed by atoms with E-state index in [0.717, 1.165) is 23.6 Å². The van der Waals surface area contributed by atoms with Crippen molar-refractivity contribution in [3.05, 3.63) is 37.0 Å². The molecule has 0 aromatic heterocycles. The molecule has 0 spiro atoms. The molecule has 0 aliphatic heterocycles. The summed E-state index contributed by atoms with van der Waals surface area (Å²) in [4.78, 5) is 0. The van der Waals surface area contributed by atoms with Gasteiger partial charge in [-0.15, -0.1) is 6.58 Å². The molecule has 0 radical (unpaired) electrons. The molecule has 0 saturated heterocycles. The Morgan fingerprint density at radius 3 is 2.07 bits per heavy atom. The third-order valence-electron chi connectivity index (χ3n) is 2.28. The van der Waals surface area contributed by atoms with Crippen molar-refractivity contribution in [2.24, 2.45) is 0 Å². The SMILES string of the molecule is C=CCC[Si](C)(C)OC(C(=C)C)C(=C)C. The van der Waals surface area contributed by atoms with Gasteiger partial charge in [0.2, 0.25) is 0 Å². The Hall–Kier alpha value is -0.603. The van der Waals surface area contributed by atoms with Gasteiger partial charge in [-0.3, -0.25) is 0 Å². The normalized spacial score (nSPS) is 11.5. The molecular formula is C13H24OSi. The summed E-state index contributed by atoms with van der Waals surface area (Å²) in [5.74, 6) is 0. The van der Waals surface area contributed by atoms with Crippen LogP contribution in [0.25, 0.3) is 0 Å². The molecule has 0 aliphatic rings. The summed E-state index contributed by atoms with van der Waals surface area (Å²) in [5.41, 5.74) is 2.09. The summed E-state index contributed by atoms with van der Waals surface area (Å²) in [6.45, 7) is 20.1. The lowest BCUT2D eigenvalue weighted by molar-refractivity contribution is 0.262. The number of hydrogen-bond acceptors (Lipinski definition) is 1. The van der Waals surface area contributed by atoms with Crippen LogP contribution < -0.4 is 0 Å². The minimum Gasteiger partial charge on any atom is -0.407 e. The largest absolute Gasteiger partial charge is 0.407 e. The van der Waals surface area contributed by atoms with Crippen molar-refractivity contribution in [1.82, 2.24) is 0 Å². The van der Waals surface area contributed by atoms with Gasteiger partial charge in [-0.05, 0) is 50.6 Å². The van der Waals surface area contributed by atoms with Gasteiger partial charge < -0.3 is 4.43 Å². The lowest BCUT2D eigenvalue weighted by atomic mass is 10.1. The van der Waals surface area contributed by atoms with E-state index < -0.39 is 8.32 Å². The molecule has 0 fully saturated rings. The topological polar surface area (TPSA) is 9.23 Å². The van der Waals surface area contributed by atoms with Gasteiger partial charge in [0, 0.05) is 0 Å². The fourth-order valence-corrected chi connectivity index (χ4v) is 3.51. The van der Waals surface area contributed by atoms with Gasteiger partial charge in [0.15, 0.2) is 8.32 Å². The highest BCUT2D eigenvalue weighted by atomic mass is 28.4. The van der Waals surface area contributed by atoms with Crippen LogP contribution in [-0.4, -0.2) is 14.4 Å². The van der Waals surface area contributed by atoms with Crippen molar-refractivity contribution in [3.8, 4) is 0 Å². The van der Waals surface area contributed by atoms with Crippen molar-refractivity contribution >= 4 is 8.32 Å². The third kappa shape index (κ3) is 5.75. The van der Waals surface area contributed by atoms with Crippen molar-refractivity contribution in [1.29, 1.82) is 0 Å². The van der Waals surface area contributed by atoms with E-state index in [1.165, 1.54) is 0 Å². The average Bonchev–Trinajstić information content (AvgIpc) is 2.10. The molecule has 0 N–H and O–H groups in total. The van der Waals surface area contributed by atoms with Crippen LogP contribution in [0, 0.1) is 0 Å². The van der Waals surface area contributed by atoms with Gasteiger partial charge in [-0.2, -0.15) is 0 Å². The van der Waals surface area contributed by atoms with E-state index in [1.54, 1.807) is 0 Å². The Bertz CT molecular complexity index is 239. The van der Waals surface area contributed by atoms with Gasteiger partial charge in [0.05, 0.1) is 6.10 Å². The van der Waals surface area contributed by atoms with Crippen LogP contribution in [0.15, 0.2) is 37.0 Å². The molecule has 2 heteroatoms. The second-order valence-corrected chi connectivity index (χ2v) is 9.03. The molecular weight excluding hydrogens is 200 g/mol. The zero-order chi connectivity index (χ0) is 12.1. The number of allylic oxidation sites excluding steroid dienone is 1. The lowest BCUT2D eigenvalue weighted by Crippen LogP contribution is -2.36. The quantitative estimate of drug-likeness (QED) is 0.462. The molecule has 0 rings (SSSR count). The molecule has 1 nitrogen and oxygen atoms in total. The van der Waals surface area contributed by atoms with Crippen LogP contribution >= 0.6 is 0 Å². The van der Waals surface area contributed by atoms with Crippen LogP contribution in [0.1, 0.15) is 20.3 Å². The molecule has 0 amide bonds. The smallest absolute Gasteiger partial charge is 0.188 e. The van der Waals surface area contributed by atoms with E-state index in [4.69, 9.17) is 4.43 Å². The Morgan fingerprint density at radius 1 is 1.27 bits per heavy atom. The molecule has 0 bridgehead atoms. The van der Waals surface area contributed by atoms with Gasteiger partial charge >= 0.3 is 0 Å². The molecule has 0 heterocycles. The minimum absolute atomic E-state index is 0.0245. The van der Waals surface area contributed by atoms with Crippen LogP contribution in [0.2, 0.25) is 19.1 Å². The zero-order valence-corrected chi connectivity index (χ0v) is 11.6. The predicted molar refractivity (Wildman–Crippen MR) is 71.6 cm³/mol. The van der Waals surface area contributed by atoms with Crippen LogP contribution in [0.5, 0.6) is 0 Å². The van der Waals surface area contributed by atoms with E-state index in [1.807, 2.05) is 19.9 Å². The molecule has 15 heavy (non-hydrogen) atoms. The van der Waals surface area contributed by atoms with Gasteiger partial charge in [0.1, 0.15) is 0 Å². The number of hydrogen-bond donors (Lipinski definition) is 0. The molecule has 0 atom stereocenters. The van der Waals surface area contributed by atoms with Crippen molar-refractivity contribution in [2.45, 2.75) is 45.5 Å². The first-order valence-corrected chi connectivity index (χ1v) is 8.51. The van der Waals surface area contributed by atoms with E-state index in [0.29, 0.717) is 0 Å². The monoisotopic (exact) mass is 224 g/mol. The average molecular weight is 224 g/mol. The Morgan fingerprint density at radius 2 is 1.73 bits per heavy atom. The summed E-state index contributed by atoms with van der Waals surface area (Å²) in [7, 11) is -1.61. The molecule has 0 aromatic carbocycles. The fourth-order valence-electron chi connectivity index (χ4n) is 1.45. The molecule has 0 aromatic rings. The first-order chi connectivity index (χ1) is 6.80. The summed E-state index contributed by atoms with van der Waals surface area (Å²) >= 11 is 0.